The number of nitrogens with two attached hydrogens (primary N) is 1. The van der Waals surface area contributed by atoms with Crippen molar-refractivity contribution in [3.63, 3.8) is 0 Å². The molecule has 2 rings (SSSR count). The molecule has 1 heterocycles. The number of nitrogen functional groups attached to an aromatic ring is 1. The molecular formula is C10H9NO2S. The third-order valence-corrected chi connectivity index (χ3v) is 3.53. The third-order valence-electron chi connectivity index (χ3n) is 2.19. The Hall–Kier alpha value is -1.55. The number of benzene rings is 1. The molecule has 0 aliphatic carbocycles. The minimum absolute atomic E-state index is 0.373. The summed E-state index contributed by atoms with van der Waals surface area (Å²) in [6.07, 6.45) is 0. The number of hydrogen-bond donors (Lipinski definition) is 2. The summed E-state index contributed by atoms with van der Waals surface area (Å²) in [4.78, 5) is 11.2. The molecule has 4 heteroatoms. The van der Waals surface area contributed by atoms with E-state index in [0.717, 1.165) is 15.6 Å². The van der Waals surface area contributed by atoms with Crippen LogP contribution in [0, 0.1) is 6.92 Å². The summed E-state index contributed by atoms with van der Waals surface area (Å²) in [5.41, 5.74) is 7.19. The molecule has 72 valence electrons. The van der Waals surface area contributed by atoms with Crippen LogP contribution in [0.4, 0.5) is 5.69 Å². The molecule has 0 aliphatic heterocycles. The monoisotopic (exact) mass is 207 g/mol. The molecule has 3 nitrogen and oxygen atoms in total. The largest absolute Gasteiger partial charge is 0.477 e. The van der Waals surface area contributed by atoms with E-state index in [1.165, 1.54) is 11.3 Å². The zero-order valence-electron chi connectivity index (χ0n) is 7.57. The van der Waals surface area contributed by atoms with Crippen molar-refractivity contribution >= 4 is 33.1 Å². The van der Waals surface area contributed by atoms with Crippen LogP contribution in [0.5, 0.6) is 0 Å². The number of fused-ring (bicyclic) bond motifs is 1. The van der Waals surface area contributed by atoms with Crippen molar-refractivity contribution in [1.29, 1.82) is 0 Å². The van der Waals surface area contributed by atoms with Gasteiger partial charge in [-0.05, 0) is 23.9 Å². The van der Waals surface area contributed by atoms with Gasteiger partial charge in [0.25, 0.3) is 0 Å². The van der Waals surface area contributed by atoms with Gasteiger partial charge in [0.1, 0.15) is 4.88 Å². The summed E-state index contributed by atoms with van der Waals surface area (Å²) in [6, 6.07) is 5.51. The van der Waals surface area contributed by atoms with Crippen LogP contribution in [0.1, 0.15) is 15.2 Å². The molecule has 0 amide bonds. The van der Waals surface area contributed by atoms with Crippen molar-refractivity contribution < 1.29 is 9.90 Å². The lowest BCUT2D eigenvalue weighted by Crippen LogP contribution is -1.93. The molecule has 3 N–H and O–H groups in total. The quantitative estimate of drug-likeness (QED) is 0.706. The minimum Gasteiger partial charge on any atom is -0.477 e. The average Bonchev–Trinajstić information content (AvgIpc) is 2.46. The zero-order chi connectivity index (χ0) is 10.3. The maximum Gasteiger partial charge on any atom is 0.346 e. The SMILES string of the molecule is Cc1c(C(=O)O)sc2c(N)cccc12. The molecule has 0 saturated carbocycles. The van der Waals surface area contributed by atoms with Gasteiger partial charge in [0.05, 0.1) is 4.70 Å². The Balaban J connectivity index is 2.86. The van der Waals surface area contributed by atoms with Crippen molar-refractivity contribution in [3.8, 4) is 0 Å². The first-order valence-electron chi connectivity index (χ1n) is 4.12. The van der Waals surface area contributed by atoms with Gasteiger partial charge in [-0.1, -0.05) is 12.1 Å². The van der Waals surface area contributed by atoms with E-state index in [4.69, 9.17) is 10.8 Å². The molecule has 2 aromatic rings. The molecule has 0 bridgehead atoms. The average molecular weight is 207 g/mol. The normalized spacial score (nSPS) is 10.6. The molecule has 0 spiro atoms. The molecule has 0 fully saturated rings. The summed E-state index contributed by atoms with van der Waals surface area (Å²) < 4.78 is 0.863. The number of hydrogen-bond acceptors (Lipinski definition) is 3. The van der Waals surface area contributed by atoms with E-state index >= 15 is 0 Å². The van der Waals surface area contributed by atoms with E-state index in [2.05, 4.69) is 0 Å². The molecular weight excluding hydrogens is 198 g/mol. The molecule has 0 unspecified atom stereocenters. The second kappa shape index (κ2) is 2.99. The number of anilines is 1. The van der Waals surface area contributed by atoms with Crippen LogP contribution in [0.15, 0.2) is 18.2 Å². The van der Waals surface area contributed by atoms with E-state index in [0.29, 0.717) is 10.6 Å². The number of carboxylic acids is 1. The highest BCUT2D eigenvalue weighted by molar-refractivity contribution is 7.21. The Morgan fingerprint density at radius 1 is 1.50 bits per heavy atom. The van der Waals surface area contributed by atoms with Gasteiger partial charge in [0.15, 0.2) is 0 Å². The second-order valence-corrected chi connectivity index (χ2v) is 4.11. The first-order valence-corrected chi connectivity index (χ1v) is 4.94. The van der Waals surface area contributed by atoms with Crippen LogP contribution < -0.4 is 5.73 Å². The van der Waals surface area contributed by atoms with Crippen molar-refractivity contribution in [3.05, 3.63) is 28.6 Å². The fourth-order valence-corrected chi connectivity index (χ4v) is 2.54. The highest BCUT2D eigenvalue weighted by Crippen LogP contribution is 2.34. The Morgan fingerprint density at radius 2 is 2.21 bits per heavy atom. The van der Waals surface area contributed by atoms with Crippen molar-refractivity contribution in [2.24, 2.45) is 0 Å². The minimum atomic E-state index is -0.886. The number of thiophene rings is 1. The van der Waals surface area contributed by atoms with Gasteiger partial charge in [-0.2, -0.15) is 0 Å². The Morgan fingerprint density at radius 3 is 2.79 bits per heavy atom. The summed E-state index contributed by atoms with van der Waals surface area (Å²) in [6.45, 7) is 1.81. The summed E-state index contributed by atoms with van der Waals surface area (Å²) in [5.74, 6) is -0.886. The van der Waals surface area contributed by atoms with E-state index in [9.17, 15) is 4.79 Å². The van der Waals surface area contributed by atoms with E-state index in [-0.39, 0.29) is 0 Å². The van der Waals surface area contributed by atoms with Crippen LogP contribution in [0.2, 0.25) is 0 Å². The van der Waals surface area contributed by atoms with Crippen LogP contribution >= 0.6 is 11.3 Å². The van der Waals surface area contributed by atoms with Crippen LogP contribution in [-0.2, 0) is 0 Å². The van der Waals surface area contributed by atoms with E-state index in [1.807, 2.05) is 19.1 Å². The number of rotatable bonds is 1. The van der Waals surface area contributed by atoms with Crippen molar-refractivity contribution in [2.45, 2.75) is 6.92 Å². The lowest BCUT2D eigenvalue weighted by molar-refractivity contribution is 0.0701. The molecule has 14 heavy (non-hydrogen) atoms. The maximum absolute atomic E-state index is 10.9. The number of carboxylic acid groups (broad SMARTS) is 1. The molecule has 0 aliphatic rings. The maximum atomic E-state index is 10.9. The number of carbonyl (C=O) groups is 1. The molecule has 1 aromatic heterocycles. The lowest BCUT2D eigenvalue weighted by Gasteiger charge is -1.94. The van der Waals surface area contributed by atoms with Gasteiger partial charge in [-0.3, -0.25) is 0 Å². The van der Waals surface area contributed by atoms with Crippen molar-refractivity contribution in [1.82, 2.24) is 0 Å². The highest BCUT2D eigenvalue weighted by atomic mass is 32.1. The summed E-state index contributed by atoms with van der Waals surface area (Å²) >= 11 is 1.23. The third kappa shape index (κ3) is 1.15. The van der Waals surface area contributed by atoms with Crippen LogP contribution in [0.3, 0.4) is 0 Å². The Labute approximate surface area is 84.8 Å². The van der Waals surface area contributed by atoms with Gasteiger partial charge in [-0.25, -0.2) is 4.79 Å². The predicted octanol–water partition coefficient (Wildman–Crippen LogP) is 2.49. The molecule has 0 atom stereocenters. The Kier molecular flexibility index (Phi) is 1.93. The number of aromatic carboxylic acids is 1. The topological polar surface area (TPSA) is 63.3 Å². The van der Waals surface area contributed by atoms with Gasteiger partial charge in [0.2, 0.25) is 0 Å². The first kappa shape index (κ1) is 9.02. The molecule has 0 radical (unpaired) electrons. The van der Waals surface area contributed by atoms with Gasteiger partial charge >= 0.3 is 5.97 Å². The number of aryl methyl sites for hydroxylation is 1. The van der Waals surface area contributed by atoms with Gasteiger partial charge < -0.3 is 10.8 Å². The molecule has 1 aromatic carbocycles. The highest BCUT2D eigenvalue weighted by Gasteiger charge is 2.14. The first-order chi connectivity index (χ1) is 6.61. The van der Waals surface area contributed by atoms with Gasteiger partial charge in [-0.15, -0.1) is 11.3 Å². The van der Waals surface area contributed by atoms with Crippen LogP contribution in [-0.4, -0.2) is 11.1 Å². The van der Waals surface area contributed by atoms with E-state index in [1.54, 1.807) is 6.07 Å². The lowest BCUT2D eigenvalue weighted by atomic mass is 10.1. The summed E-state index contributed by atoms with van der Waals surface area (Å²) in [5, 5.41) is 9.86. The smallest absolute Gasteiger partial charge is 0.346 e. The van der Waals surface area contributed by atoms with Crippen molar-refractivity contribution in [2.75, 3.05) is 5.73 Å². The van der Waals surface area contributed by atoms with Crippen LogP contribution in [0.25, 0.3) is 10.1 Å². The second-order valence-electron chi connectivity index (χ2n) is 3.09. The fraction of sp³-hybridized carbons (Fsp3) is 0.100. The Bertz CT molecular complexity index is 516. The standard InChI is InChI=1S/C10H9NO2S/c1-5-6-3-2-4-7(11)9(6)14-8(5)10(12)13/h2-4H,11H2,1H3,(H,12,13). The summed E-state index contributed by atoms with van der Waals surface area (Å²) in [7, 11) is 0. The predicted molar refractivity (Wildman–Crippen MR) is 57.9 cm³/mol. The zero-order valence-corrected chi connectivity index (χ0v) is 8.39. The fourth-order valence-electron chi connectivity index (χ4n) is 1.47. The van der Waals surface area contributed by atoms with E-state index < -0.39 is 5.97 Å². The van der Waals surface area contributed by atoms with Gasteiger partial charge in [0, 0.05) is 5.69 Å². The molecule has 0 saturated heterocycles.